The first-order valence-electron chi connectivity index (χ1n) is 7.64. The Hall–Kier alpha value is -1.66. The van der Waals surface area contributed by atoms with E-state index in [2.05, 4.69) is 15.7 Å². The van der Waals surface area contributed by atoms with E-state index in [9.17, 15) is 4.39 Å². The van der Waals surface area contributed by atoms with Gasteiger partial charge in [-0.15, -0.1) is 0 Å². The number of hydrogen-bond acceptors (Lipinski definition) is 2. The van der Waals surface area contributed by atoms with Crippen molar-refractivity contribution in [3.05, 3.63) is 47.0 Å². The molecule has 0 bridgehead atoms. The van der Waals surface area contributed by atoms with Gasteiger partial charge >= 0.3 is 0 Å². The second kappa shape index (κ2) is 7.27. The summed E-state index contributed by atoms with van der Waals surface area (Å²) in [4.78, 5) is 0. The molecule has 1 aromatic heterocycles. The van der Waals surface area contributed by atoms with Crippen molar-refractivity contribution in [2.45, 2.75) is 38.3 Å². The molecule has 2 N–H and O–H groups in total. The lowest BCUT2D eigenvalue weighted by Crippen LogP contribution is -2.35. The fourth-order valence-corrected chi connectivity index (χ4v) is 3.29. The molecule has 0 saturated heterocycles. The number of hydrogen-bond donors (Lipinski definition) is 2. The molecule has 0 spiro atoms. The van der Waals surface area contributed by atoms with Crippen molar-refractivity contribution in [2.75, 3.05) is 5.32 Å². The summed E-state index contributed by atoms with van der Waals surface area (Å²) in [5, 5.41) is 11.6. The van der Waals surface area contributed by atoms with Crippen LogP contribution in [0.1, 0.15) is 31.2 Å². The molecule has 7 heteroatoms. The molecule has 0 unspecified atom stereocenters. The molecule has 1 aromatic carbocycles. The summed E-state index contributed by atoms with van der Waals surface area (Å²) < 4.78 is 15.4. The number of rotatable bonds is 4. The van der Waals surface area contributed by atoms with Gasteiger partial charge in [-0.05, 0) is 37.2 Å². The summed E-state index contributed by atoms with van der Waals surface area (Å²) >= 11 is 11.4. The number of benzene rings is 1. The molecule has 1 fully saturated rings. The molecule has 0 radical (unpaired) electrons. The summed E-state index contributed by atoms with van der Waals surface area (Å²) in [6.07, 6.45) is 8.27. The lowest BCUT2D eigenvalue weighted by Gasteiger charge is -2.14. The first kappa shape index (κ1) is 16.2. The first-order chi connectivity index (χ1) is 11.1. The van der Waals surface area contributed by atoms with Crippen LogP contribution in [0.5, 0.6) is 0 Å². The lowest BCUT2D eigenvalue weighted by atomic mass is 10.2. The largest absolute Gasteiger partial charge is 0.360 e. The minimum Gasteiger partial charge on any atom is -0.360 e. The van der Waals surface area contributed by atoms with Gasteiger partial charge in [0.05, 0.1) is 18.4 Å². The van der Waals surface area contributed by atoms with Gasteiger partial charge in [0.1, 0.15) is 5.82 Å². The quantitative estimate of drug-likeness (QED) is 0.817. The normalized spacial score (nSPS) is 14.9. The highest BCUT2D eigenvalue weighted by Gasteiger charge is 2.15. The molecule has 0 aliphatic heterocycles. The molecule has 1 saturated carbocycles. The molecular formula is C16H18ClFN4S. The van der Waals surface area contributed by atoms with Crippen LogP contribution in [0, 0.1) is 5.82 Å². The topological polar surface area (TPSA) is 41.9 Å². The molecule has 1 heterocycles. The Labute approximate surface area is 145 Å². The van der Waals surface area contributed by atoms with E-state index in [0.29, 0.717) is 21.7 Å². The molecule has 1 aliphatic rings. The predicted molar refractivity (Wildman–Crippen MR) is 94.4 cm³/mol. The van der Waals surface area contributed by atoms with Gasteiger partial charge in [-0.3, -0.25) is 4.68 Å². The highest BCUT2D eigenvalue weighted by atomic mass is 35.5. The van der Waals surface area contributed by atoms with Crippen LogP contribution < -0.4 is 10.6 Å². The number of thiocarbonyl (C=S) groups is 1. The molecule has 122 valence electrons. The maximum Gasteiger partial charge on any atom is 0.171 e. The average molecular weight is 353 g/mol. The summed E-state index contributed by atoms with van der Waals surface area (Å²) in [5.41, 5.74) is 1.20. The van der Waals surface area contributed by atoms with E-state index >= 15 is 0 Å². The lowest BCUT2D eigenvalue weighted by molar-refractivity contribution is 0.585. The number of halogens is 2. The van der Waals surface area contributed by atoms with Crippen LogP contribution in [-0.2, 0) is 6.54 Å². The first-order valence-corrected chi connectivity index (χ1v) is 8.43. The maximum atomic E-state index is 13.8. The highest BCUT2D eigenvalue weighted by Crippen LogP contribution is 2.21. The van der Waals surface area contributed by atoms with E-state index in [0.717, 1.165) is 18.5 Å². The van der Waals surface area contributed by atoms with Crippen molar-refractivity contribution < 1.29 is 4.39 Å². The molecule has 0 atom stereocenters. The van der Waals surface area contributed by atoms with Crippen LogP contribution in [0.2, 0.25) is 5.02 Å². The molecule has 23 heavy (non-hydrogen) atoms. The van der Waals surface area contributed by atoms with Gasteiger partial charge in [-0.25, -0.2) is 4.39 Å². The zero-order valence-corrected chi connectivity index (χ0v) is 14.1. The van der Waals surface area contributed by atoms with E-state index < -0.39 is 0 Å². The van der Waals surface area contributed by atoms with Crippen LogP contribution >= 0.6 is 23.8 Å². The van der Waals surface area contributed by atoms with E-state index in [-0.39, 0.29) is 12.4 Å². The van der Waals surface area contributed by atoms with E-state index in [1.807, 2.05) is 0 Å². The third kappa shape index (κ3) is 4.20. The Bertz CT molecular complexity index is 677. The Kier molecular flexibility index (Phi) is 5.13. The zero-order valence-electron chi connectivity index (χ0n) is 12.6. The average Bonchev–Trinajstić information content (AvgIpc) is 3.15. The van der Waals surface area contributed by atoms with Gasteiger partial charge in [0.15, 0.2) is 5.11 Å². The second-order valence-electron chi connectivity index (χ2n) is 5.71. The van der Waals surface area contributed by atoms with E-state index in [1.165, 1.54) is 18.9 Å². The smallest absolute Gasteiger partial charge is 0.171 e. The second-order valence-corrected chi connectivity index (χ2v) is 6.52. The van der Waals surface area contributed by atoms with Crippen LogP contribution in [0.4, 0.5) is 10.1 Å². The standard InChI is InChI=1S/C16H18ClFN4S/c17-14-6-3-7-15(18)13(14)10-22-9-12(8-19-22)21-16(23)20-11-4-1-2-5-11/h3,6-9,11H,1-2,4-5,10H2,(H2,20,21,23). The van der Waals surface area contributed by atoms with Gasteiger partial charge in [0.2, 0.25) is 0 Å². The molecule has 3 rings (SSSR count). The van der Waals surface area contributed by atoms with Gasteiger partial charge in [0, 0.05) is 22.8 Å². The third-order valence-electron chi connectivity index (χ3n) is 3.96. The SMILES string of the molecule is Fc1cccc(Cl)c1Cn1cc(NC(=S)NC2CCCC2)cn1. The fraction of sp³-hybridized carbons (Fsp3) is 0.375. The summed E-state index contributed by atoms with van der Waals surface area (Å²) in [6, 6.07) is 5.11. The zero-order chi connectivity index (χ0) is 16.2. The molecule has 2 aromatic rings. The van der Waals surface area contributed by atoms with Crippen molar-refractivity contribution in [3.8, 4) is 0 Å². The van der Waals surface area contributed by atoms with Crippen molar-refractivity contribution >= 4 is 34.6 Å². The third-order valence-corrected chi connectivity index (χ3v) is 4.54. The van der Waals surface area contributed by atoms with Crippen molar-refractivity contribution in [2.24, 2.45) is 0 Å². The van der Waals surface area contributed by atoms with Crippen molar-refractivity contribution in [1.29, 1.82) is 0 Å². The van der Waals surface area contributed by atoms with Crippen molar-refractivity contribution in [3.63, 3.8) is 0 Å². The van der Waals surface area contributed by atoms with Gasteiger partial charge in [0.25, 0.3) is 0 Å². The summed E-state index contributed by atoms with van der Waals surface area (Å²) in [7, 11) is 0. The highest BCUT2D eigenvalue weighted by molar-refractivity contribution is 7.80. The number of nitrogens with zero attached hydrogens (tertiary/aromatic N) is 2. The Morgan fingerprint density at radius 1 is 1.39 bits per heavy atom. The van der Waals surface area contributed by atoms with Gasteiger partial charge < -0.3 is 10.6 Å². The predicted octanol–water partition coefficient (Wildman–Crippen LogP) is 3.95. The summed E-state index contributed by atoms with van der Waals surface area (Å²) in [5.74, 6) is -0.332. The number of aromatic nitrogens is 2. The van der Waals surface area contributed by atoms with E-state index in [4.69, 9.17) is 23.8 Å². The monoisotopic (exact) mass is 352 g/mol. The van der Waals surface area contributed by atoms with Crippen LogP contribution in [0.25, 0.3) is 0 Å². The summed E-state index contributed by atoms with van der Waals surface area (Å²) in [6.45, 7) is 0.274. The fourth-order valence-electron chi connectivity index (χ4n) is 2.78. The Morgan fingerprint density at radius 3 is 2.91 bits per heavy atom. The molecule has 4 nitrogen and oxygen atoms in total. The van der Waals surface area contributed by atoms with Crippen LogP contribution in [0.15, 0.2) is 30.6 Å². The minimum atomic E-state index is -0.332. The Balaban J connectivity index is 1.60. The van der Waals surface area contributed by atoms with Crippen LogP contribution in [-0.4, -0.2) is 20.9 Å². The maximum absolute atomic E-state index is 13.8. The van der Waals surface area contributed by atoms with Gasteiger partial charge in [-0.2, -0.15) is 5.10 Å². The Morgan fingerprint density at radius 2 is 2.17 bits per heavy atom. The minimum absolute atomic E-state index is 0.274. The number of nitrogens with one attached hydrogen (secondary N) is 2. The van der Waals surface area contributed by atoms with Crippen LogP contribution in [0.3, 0.4) is 0 Å². The molecule has 0 amide bonds. The van der Waals surface area contributed by atoms with Crippen molar-refractivity contribution in [1.82, 2.24) is 15.1 Å². The molecule has 1 aliphatic carbocycles. The molecular weight excluding hydrogens is 335 g/mol. The van der Waals surface area contributed by atoms with Gasteiger partial charge in [-0.1, -0.05) is 30.5 Å². The van der Waals surface area contributed by atoms with E-state index in [1.54, 1.807) is 29.2 Å². The number of anilines is 1.